The van der Waals surface area contributed by atoms with Crippen LogP contribution in [-0.4, -0.2) is 32.4 Å². The predicted molar refractivity (Wildman–Crippen MR) is 85.8 cm³/mol. The number of benzene rings is 1. The van der Waals surface area contributed by atoms with Crippen molar-refractivity contribution in [3.63, 3.8) is 0 Å². The molecule has 0 radical (unpaired) electrons. The van der Waals surface area contributed by atoms with Gasteiger partial charge < -0.3 is 5.32 Å². The number of para-hydroxylation sites is 1. The monoisotopic (exact) mass is 309 g/mol. The smallest absolute Gasteiger partial charge is 0.301 e. The van der Waals surface area contributed by atoms with E-state index in [4.69, 9.17) is 0 Å². The van der Waals surface area contributed by atoms with E-state index in [-0.39, 0.29) is 0 Å². The molecule has 0 aromatic heterocycles. The zero-order chi connectivity index (χ0) is 14.7. The van der Waals surface area contributed by atoms with Crippen molar-refractivity contribution < 1.29 is 8.42 Å². The van der Waals surface area contributed by atoms with Crippen molar-refractivity contribution in [2.75, 3.05) is 29.7 Å². The lowest BCUT2D eigenvalue weighted by atomic mass is 10.0. The van der Waals surface area contributed by atoms with Crippen LogP contribution in [-0.2, 0) is 16.6 Å². The number of aryl methyl sites for hydroxylation is 1. The fourth-order valence-electron chi connectivity index (χ4n) is 3.08. The maximum absolute atomic E-state index is 12.6. The van der Waals surface area contributed by atoms with Crippen molar-refractivity contribution in [3.8, 4) is 0 Å². The summed E-state index contributed by atoms with van der Waals surface area (Å²) >= 11 is 0. The van der Waals surface area contributed by atoms with E-state index in [1.54, 1.807) is 4.31 Å². The van der Waals surface area contributed by atoms with Gasteiger partial charge in [0.15, 0.2) is 0 Å². The van der Waals surface area contributed by atoms with Gasteiger partial charge in [-0.05, 0) is 37.3 Å². The molecule has 3 rings (SSSR count). The standard InChI is InChI=1S/C15H23N3O2S/c19-21(20,18-11-3-1-2-4-12-18)17-14-9-5-7-13-8-6-10-16-15(13)14/h5,7,9,16-17H,1-4,6,8,10-12H2. The minimum Gasteiger partial charge on any atom is -0.383 e. The molecule has 1 aromatic rings. The summed E-state index contributed by atoms with van der Waals surface area (Å²) in [7, 11) is -3.45. The Morgan fingerprint density at radius 3 is 2.57 bits per heavy atom. The molecule has 0 amide bonds. The van der Waals surface area contributed by atoms with E-state index in [9.17, 15) is 8.42 Å². The summed E-state index contributed by atoms with van der Waals surface area (Å²) in [5.41, 5.74) is 2.82. The maximum Gasteiger partial charge on any atom is 0.301 e. The van der Waals surface area contributed by atoms with E-state index in [0.29, 0.717) is 18.8 Å². The summed E-state index contributed by atoms with van der Waals surface area (Å²) < 4.78 is 29.5. The number of anilines is 2. The second kappa shape index (κ2) is 6.23. The van der Waals surface area contributed by atoms with Crippen LogP contribution >= 0.6 is 0 Å². The average Bonchev–Trinajstić information content (AvgIpc) is 2.77. The van der Waals surface area contributed by atoms with Crippen molar-refractivity contribution in [3.05, 3.63) is 23.8 Å². The zero-order valence-corrected chi connectivity index (χ0v) is 13.1. The number of hydrogen-bond donors (Lipinski definition) is 2. The lowest BCUT2D eigenvalue weighted by molar-refractivity contribution is 0.427. The van der Waals surface area contributed by atoms with Gasteiger partial charge in [0.1, 0.15) is 0 Å². The summed E-state index contributed by atoms with van der Waals surface area (Å²) in [4.78, 5) is 0. The first-order valence-corrected chi connectivity index (χ1v) is 9.24. The van der Waals surface area contributed by atoms with Gasteiger partial charge in [0.2, 0.25) is 0 Å². The molecule has 2 heterocycles. The topological polar surface area (TPSA) is 61.4 Å². The molecule has 1 saturated heterocycles. The van der Waals surface area contributed by atoms with Crippen molar-refractivity contribution >= 4 is 21.6 Å². The predicted octanol–water partition coefficient (Wildman–Crippen LogP) is 2.58. The molecule has 2 aliphatic heterocycles. The first-order valence-electron chi connectivity index (χ1n) is 7.80. The van der Waals surface area contributed by atoms with Gasteiger partial charge in [-0.15, -0.1) is 0 Å². The third kappa shape index (κ3) is 3.32. The highest BCUT2D eigenvalue weighted by atomic mass is 32.2. The molecular formula is C15H23N3O2S. The van der Waals surface area contributed by atoms with Crippen molar-refractivity contribution in [1.29, 1.82) is 0 Å². The van der Waals surface area contributed by atoms with Gasteiger partial charge >= 0.3 is 10.2 Å². The number of fused-ring (bicyclic) bond motifs is 1. The highest BCUT2D eigenvalue weighted by Gasteiger charge is 2.24. The van der Waals surface area contributed by atoms with Crippen molar-refractivity contribution in [2.45, 2.75) is 38.5 Å². The summed E-state index contributed by atoms with van der Waals surface area (Å²) in [6.07, 6.45) is 6.23. The van der Waals surface area contributed by atoms with Gasteiger partial charge in [-0.25, -0.2) is 0 Å². The number of nitrogens with zero attached hydrogens (tertiary/aromatic N) is 1. The van der Waals surface area contributed by atoms with Crippen LogP contribution in [0.1, 0.15) is 37.7 Å². The van der Waals surface area contributed by atoms with Crippen LogP contribution in [0.2, 0.25) is 0 Å². The van der Waals surface area contributed by atoms with Crippen LogP contribution < -0.4 is 10.0 Å². The van der Waals surface area contributed by atoms with Crippen LogP contribution in [0.4, 0.5) is 11.4 Å². The Kier molecular flexibility index (Phi) is 4.35. The Hall–Kier alpha value is -1.27. The van der Waals surface area contributed by atoms with Gasteiger partial charge in [0.05, 0.1) is 11.4 Å². The fourth-order valence-corrected chi connectivity index (χ4v) is 4.40. The molecule has 5 nitrogen and oxygen atoms in total. The lowest BCUT2D eigenvalue weighted by Gasteiger charge is -2.25. The van der Waals surface area contributed by atoms with Crippen LogP contribution in [0.15, 0.2) is 18.2 Å². The molecular weight excluding hydrogens is 286 g/mol. The van der Waals surface area contributed by atoms with Gasteiger partial charge in [0.25, 0.3) is 0 Å². The summed E-state index contributed by atoms with van der Waals surface area (Å²) in [6.45, 7) is 2.14. The van der Waals surface area contributed by atoms with E-state index < -0.39 is 10.2 Å². The molecule has 2 aliphatic rings. The molecule has 6 heteroatoms. The first-order chi connectivity index (χ1) is 10.2. The SMILES string of the molecule is O=S(=O)(Nc1cccc2c1NCCC2)N1CCCCCC1. The number of rotatable bonds is 3. The fraction of sp³-hybridized carbons (Fsp3) is 0.600. The van der Waals surface area contributed by atoms with E-state index in [2.05, 4.69) is 16.1 Å². The van der Waals surface area contributed by atoms with Gasteiger partial charge in [0, 0.05) is 19.6 Å². The molecule has 0 bridgehead atoms. The van der Waals surface area contributed by atoms with E-state index in [1.807, 2.05) is 12.1 Å². The zero-order valence-electron chi connectivity index (χ0n) is 12.3. The minimum atomic E-state index is -3.45. The molecule has 1 aromatic carbocycles. The third-order valence-corrected chi connectivity index (χ3v) is 5.74. The summed E-state index contributed by atoms with van der Waals surface area (Å²) in [5, 5.41) is 3.32. The minimum absolute atomic E-state index is 0.623. The molecule has 0 aliphatic carbocycles. The second-order valence-electron chi connectivity index (χ2n) is 5.79. The van der Waals surface area contributed by atoms with Crippen LogP contribution in [0.5, 0.6) is 0 Å². The van der Waals surface area contributed by atoms with E-state index >= 15 is 0 Å². The van der Waals surface area contributed by atoms with Crippen LogP contribution in [0.25, 0.3) is 0 Å². The van der Waals surface area contributed by atoms with Crippen molar-refractivity contribution in [2.24, 2.45) is 0 Å². The highest BCUT2D eigenvalue weighted by molar-refractivity contribution is 7.90. The molecule has 0 saturated carbocycles. The van der Waals surface area contributed by atoms with Gasteiger partial charge in [-0.1, -0.05) is 25.0 Å². The Labute approximate surface area is 126 Å². The highest BCUT2D eigenvalue weighted by Crippen LogP contribution is 2.31. The largest absolute Gasteiger partial charge is 0.383 e. The molecule has 116 valence electrons. The van der Waals surface area contributed by atoms with Crippen LogP contribution in [0, 0.1) is 0 Å². The van der Waals surface area contributed by atoms with Gasteiger partial charge in [-0.2, -0.15) is 12.7 Å². The second-order valence-corrected chi connectivity index (χ2v) is 7.46. The Bertz CT molecular complexity index is 593. The molecule has 0 spiro atoms. The molecule has 1 fully saturated rings. The third-order valence-electron chi connectivity index (χ3n) is 4.22. The lowest BCUT2D eigenvalue weighted by Crippen LogP contribution is -2.36. The quantitative estimate of drug-likeness (QED) is 0.902. The first kappa shape index (κ1) is 14.7. The van der Waals surface area contributed by atoms with E-state index in [0.717, 1.165) is 50.8 Å². The summed E-state index contributed by atoms with van der Waals surface area (Å²) in [6, 6.07) is 5.82. The average molecular weight is 309 g/mol. The number of hydrogen-bond acceptors (Lipinski definition) is 3. The normalized spacial score (nSPS) is 20.2. The Morgan fingerprint density at radius 1 is 1.05 bits per heavy atom. The maximum atomic E-state index is 12.6. The summed E-state index contributed by atoms with van der Waals surface area (Å²) in [5.74, 6) is 0. The van der Waals surface area contributed by atoms with Crippen LogP contribution in [0.3, 0.4) is 0 Å². The molecule has 0 atom stereocenters. The Balaban J connectivity index is 1.82. The Morgan fingerprint density at radius 2 is 1.81 bits per heavy atom. The molecule has 21 heavy (non-hydrogen) atoms. The number of nitrogens with one attached hydrogen (secondary N) is 2. The van der Waals surface area contributed by atoms with Crippen molar-refractivity contribution in [1.82, 2.24) is 4.31 Å². The van der Waals surface area contributed by atoms with Gasteiger partial charge in [-0.3, -0.25) is 4.72 Å². The molecule has 0 unspecified atom stereocenters. The molecule has 2 N–H and O–H groups in total. The van der Waals surface area contributed by atoms with E-state index in [1.165, 1.54) is 5.56 Å².